The molecule has 0 atom stereocenters. The summed E-state index contributed by atoms with van der Waals surface area (Å²) in [5.74, 6) is -1.17. The minimum atomic E-state index is -4.80. The predicted octanol–water partition coefficient (Wildman–Crippen LogP) is 3.89. The van der Waals surface area contributed by atoms with E-state index in [1.54, 1.807) is 4.40 Å². The largest absolute Gasteiger partial charge is 0.573 e. The second-order valence-electron chi connectivity index (χ2n) is 6.53. The van der Waals surface area contributed by atoms with Crippen LogP contribution in [-0.2, 0) is 24.2 Å². The van der Waals surface area contributed by atoms with Crippen molar-refractivity contribution in [2.75, 3.05) is 0 Å². The molecule has 0 saturated heterocycles. The summed E-state index contributed by atoms with van der Waals surface area (Å²) in [5.41, 5.74) is 1.18. The Labute approximate surface area is 166 Å². The van der Waals surface area contributed by atoms with E-state index >= 15 is 0 Å². The Bertz CT molecular complexity index is 1120. The van der Waals surface area contributed by atoms with Crippen LogP contribution in [0.4, 0.5) is 13.2 Å². The van der Waals surface area contributed by atoms with Gasteiger partial charge in [0.2, 0.25) is 0 Å². The van der Waals surface area contributed by atoms with Crippen molar-refractivity contribution in [3.63, 3.8) is 0 Å². The Hall–Kier alpha value is -2.88. The lowest BCUT2D eigenvalue weighted by molar-refractivity contribution is -0.274. The van der Waals surface area contributed by atoms with E-state index in [0.29, 0.717) is 10.7 Å². The summed E-state index contributed by atoms with van der Waals surface area (Å²) in [7, 11) is 0. The van der Waals surface area contributed by atoms with Crippen molar-refractivity contribution in [2.24, 2.45) is 0 Å². The zero-order valence-electron chi connectivity index (χ0n) is 15.0. The van der Waals surface area contributed by atoms with Gasteiger partial charge in [0.25, 0.3) is 5.56 Å². The van der Waals surface area contributed by atoms with Gasteiger partial charge in [-0.2, -0.15) is 0 Å². The fourth-order valence-electron chi connectivity index (χ4n) is 3.23. The van der Waals surface area contributed by atoms with Crippen LogP contribution in [0, 0.1) is 0 Å². The first kappa shape index (κ1) is 19.4. The van der Waals surface area contributed by atoms with Crippen LogP contribution in [0.3, 0.4) is 0 Å². The number of carbonyl (C=O) groups is 1. The van der Waals surface area contributed by atoms with Gasteiger partial charge in [-0.1, -0.05) is 0 Å². The van der Waals surface area contributed by atoms with Gasteiger partial charge in [-0.05, 0) is 49.9 Å². The molecule has 0 N–H and O–H groups in total. The molecule has 4 rings (SSSR count). The Morgan fingerprint density at radius 2 is 1.90 bits per heavy atom. The third kappa shape index (κ3) is 4.26. The van der Waals surface area contributed by atoms with Crippen molar-refractivity contribution in [1.29, 1.82) is 0 Å². The van der Waals surface area contributed by atoms with Gasteiger partial charge in [0.15, 0.2) is 4.96 Å². The summed E-state index contributed by atoms with van der Waals surface area (Å²) >= 11 is 1.47. The van der Waals surface area contributed by atoms with Crippen LogP contribution in [0.25, 0.3) is 4.96 Å². The molecule has 0 fully saturated rings. The van der Waals surface area contributed by atoms with Crippen LogP contribution in [-0.4, -0.2) is 21.7 Å². The summed E-state index contributed by atoms with van der Waals surface area (Å²) in [5, 5.41) is 0. The van der Waals surface area contributed by atoms with E-state index in [-0.39, 0.29) is 17.7 Å². The first-order valence-corrected chi connectivity index (χ1v) is 9.68. The number of ether oxygens (including phenoxy) is 2. The van der Waals surface area contributed by atoms with Gasteiger partial charge in [-0.15, -0.1) is 24.5 Å². The number of aryl methyl sites for hydroxylation is 2. The number of rotatable bonds is 4. The minimum absolute atomic E-state index is 0.0592. The van der Waals surface area contributed by atoms with Crippen molar-refractivity contribution < 1.29 is 27.4 Å². The number of esters is 1. The van der Waals surface area contributed by atoms with E-state index in [2.05, 4.69) is 9.72 Å². The molecule has 3 aromatic rings. The van der Waals surface area contributed by atoms with E-state index < -0.39 is 18.1 Å². The van der Waals surface area contributed by atoms with Gasteiger partial charge in [0.1, 0.15) is 12.4 Å². The summed E-state index contributed by atoms with van der Waals surface area (Å²) in [6.07, 6.45) is -0.898. The summed E-state index contributed by atoms with van der Waals surface area (Å²) in [4.78, 5) is 30.8. The predicted molar refractivity (Wildman–Crippen MR) is 98.2 cm³/mol. The molecule has 1 aliphatic carbocycles. The number of hydrogen-bond acceptors (Lipinski definition) is 6. The monoisotopic (exact) mass is 424 g/mol. The van der Waals surface area contributed by atoms with Crippen molar-refractivity contribution >= 4 is 22.3 Å². The van der Waals surface area contributed by atoms with Gasteiger partial charge in [0.05, 0.1) is 11.3 Å². The van der Waals surface area contributed by atoms with E-state index in [9.17, 15) is 22.8 Å². The first-order valence-electron chi connectivity index (χ1n) is 8.86. The number of carbonyl (C=O) groups excluding carboxylic acids is 1. The molecule has 2 heterocycles. The van der Waals surface area contributed by atoms with Crippen LogP contribution >= 0.6 is 11.3 Å². The smallest absolute Gasteiger partial charge is 0.456 e. The molecular weight excluding hydrogens is 409 g/mol. The maximum Gasteiger partial charge on any atom is 0.573 e. The van der Waals surface area contributed by atoms with Gasteiger partial charge in [0, 0.05) is 16.6 Å². The second kappa shape index (κ2) is 7.51. The normalized spacial score (nSPS) is 13.9. The molecular formula is C19H15F3N2O4S. The fraction of sp³-hybridized carbons (Fsp3) is 0.316. The van der Waals surface area contributed by atoms with Crippen LogP contribution < -0.4 is 10.3 Å². The molecule has 0 radical (unpaired) electrons. The summed E-state index contributed by atoms with van der Waals surface area (Å²) in [6, 6.07) is 5.72. The van der Waals surface area contributed by atoms with Crippen LogP contribution in [0.15, 0.2) is 35.1 Å². The minimum Gasteiger partial charge on any atom is -0.456 e. The molecule has 10 heteroatoms. The molecule has 2 aromatic heterocycles. The Balaban J connectivity index is 1.46. The standard InChI is InChI=1S/C19H15F3N2O4S/c20-19(21,22)28-13-7-5-11(6-8-13)17(26)27-10-12-9-16(25)24-14-3-1-2-4-15(14)29-18(24)23-12/h5-9H,1-4,10H2. The summed E-state index contributed by atoms with van der Waals surface area (Å²) < 4.78 is 47.1. The zero-order valence-corrected chi connectivity index (χ0v) is 15.8. The number of aromatic nitrogens is 2. The Kier molecular flexibility index (Phi) is 5.03. The lowest BCUT2D eigenvalue weighted by Crippen LogP contribution is -2.18. The molecule has 6 nitrogen and oxygen atoms in total. The Morgan fingerprint density at radius 3 is 2.62 bits per heavy atom. The molecule has 1 aliphatic rings. The lowest BCUT2D eigenvalue weighted by Gasteiger charge is -2.10. The third-order valence-corrected chi connectivity index (χ3v) is 5.63. The topological polar surface area (TPSA) is 69.9 Å². The number of halogens is 3. The van der Waals surface area contributed by atoms with E-state index in [1.165, 1.54) is 29.5 Å². The average Bonchev–Trinajstić information content (AvgIpc) is 3.04. The summed E-state index contributed by atoms with van der Waals surface area (Å²) in [6.45, 7) is -0.214. The van der Waals surface area contributed by atoms with Crippen molar-refractivity contribution in [1.82, 2.24) is 9.38 Å². The number of fused-ring (bicyclic) bond motifs is 3. The van der Waals surface area contributed by atoms with Crippen LogP contribution in [0.1, 0.15) is 39.5 Å². The zero-order chi connectivity index (χ0) is 20.6. The molecule has 1 aromatic carbocycles. The molecule has 0 unspecified atom stereocenters. The Morgan fingerprint density at radius 1 is 1.17 bits per heavy atom. The van der Waals surface area contributed by atoms with E-state index in [1.807, 2.05) is 0 Å². The molecule has 0 bridgehead atoms. The van der Waals surface area contributed by atoms with Gasteiger partial charge in [-0.25, -0.2) is 9.78 Å². The lowest BCUT2D eigenvalue weighted by atomic mass is 10.0. The molecule has 0 saturated carbocycles. The molecule has 0 amide bonds. The highest BCUT2D eigenvalue weighted by Crippen LogP contribution is 2.28. The number of benzene rings is 1. The number of hydrogen-bond donors (Lipinski definition) is 0. The highest BCUT2D eigenvalue weighted by atomic mass is 32.1. The SMILES string of the molecule is O=C(OCc1cc(=O)n2c3c(sc2n1)CCCC3)c1ccc(OC(F)(F)F)cc1. The second-order valence-corrected chi connectivity index (χ2v) is 7.59. The quantitative estimate of drug-likeness (QED) is 0.595. The van der Waals surface area contributed by atoms with Crippen molar-refractivity contribution in [3.05, 3.63) is 62.5 Å². The molecule has 29 heavy (non-hydrogen) atoms. The molecule has 0 aliphatic heterocycles. The fourth-order valence-corrected chi connectivity index (χ4v) is 4.46. The maximum absolute atomic E-state index is 12.5. The van der Waals surface area contributed by atoms with Gasteiger partial charge in [-0.3, -0.25) is 9.20 Å². The highest BCUT2D eigenvalue weighted by molar-refractivity contribution is 7.17. The number of nitrogens with zero attached hydrogens (tertiary/aromatic N) is 2. The van der Waals surface area contributed by atoms with Crippen LogP contribution in [0.2, 0.25) is 0 Å². The molecule has 0 spiro atoms. The first-order chi connectivity index (χ1) is 13.8. The van der Waals surface area contributed by atoms with Gasteiger partial charge >= 0.3 is 12.3 Å². The number of alkyl halides is 3. The van der Waals surface area contributed by atoms with Crippen LogP contribution in [0.5, 0.6) is 5.75 Å². The maximum atomic E-state index is 12.5. The molecule has 152 valence electrons. The van der Waals surface area contributed by atoms with E-state index in [4.69, 9.17) is 4.74 Å². The third-order valence-electron chi connectivity index (χ3n) is 4.49. The number of thiazole rings is 1. The van der Waals surface area contributed by atoms with Crippen molar-refractivity contribution in [2.45, 2.75) is 38.7 Å². The highest BCUT2D eigenvalue weighted by Gasteiger charge is 2.31. The van der Waals surface area contributed by atoms with Crippen molar-refractivity contribution in [3.8, 4) is 5.75 Å². The van der Waals surface area contributed by atoms with Gasteiger partial charge < -0.3 is 9.47 Å². The van der Waals surface area contributed by atoms with E-state index in [0.717, 1.165) is 48.4 Å². The average molecular weight is 424 g/mol.